The van der Waals surface area contributed by atoms with Gasteiger partial charge in [0, 0.05) is 16.9 Å². The van der Waals surface area contributed by atoms with Crippen molar-refractivity contribution in [3.05, 3.63) is 131 Å². The van der Waals surface area contributed by atoms with Gasteiger partial charge in [-0.25, -0.2) is 14.5 Å². The zero-order chi connectivity index (χ0) is 26.3. The fourth-order valence-electron chi connectivity index (χ4n) is 5.18. The SMILES string of the molecule is C/C(=N/OCc1nc2c3c(ncn2n1)Oc1c(ccc2ccccc12)C3c1ccccc1)c1ccc(C)cc1. The van der Waals surface area contributed by atoms with Crippen LogP contribution in [0.3, 0.4) is 0 Å². The lowest BCUT2D eigenvalue weighted by Gasteiger charge is -2.28. The molecular formula is C32H25N5O2. The van der Waals surface area contributed by atoms with Crippen LogP contribution in [0.25, 0.3) is 16.4 Å². The molecule has 0 N–H and O–H groups in total. The number of hydrogen-bond donors (Lipinski definition) is 0. The number of oxime groups is 1. The average molecular weight is 512 g/mol. The summed E-state index contributed by atoms with van der Waals surface area (Å²) < 4.78 is 8.18. The molecule has 7 nitrogen and oxygen atoms in total. The number of rotatable bonds is 5. The molecule has 0 amide bonds. The molecule has 7 heteroatoms. The topological polar surface area (TPSA) is 73.9 Å². The van der Waals surface area contributed by atoms with Crippen LogP contribution in [0.15, 0.2) is 102 Å². The van der Waals surface area contributed by atoms with E-state index in [4.69, 9.17) is 14.6 Å². The third kappa shape index (κ3) is 4.08. The van der Waals surface area contributed by atoms with Crippen LogP contribution in [0.4, 0.5) is 0 Å². The first-order chi connectivity index (χ1) is 19.2. The van der Waals surface area contributed by atoms with Crippen molar-refractivity contribution in [2.75, 3.05) is 0 Å². The minimum absolute atomic E-state index is 0.120. The van der Waals surface area contributed by atoms with Gasteiger partial charge in [-0.1, -0.05) is 102 Å². The summed E-state index contributed by atoms with van der Waals surface area (Å²) in [5.41, 5.74) is 6.77. The molecule has 1 aliphatic rings. The summed E-state index contributed by atoms with van der Waals surface area (Å²) in [5, 5.41) is 11.1. The fraction of sp³-hybridized carbons (Fsp3) is 0.125. The second-order valence-corrected chi connectivity index (χ2v) is 9.73. The lowest BCUT2D eigenvalue weighted by Crippen LogP contribution is -2.15. The van der Waals surface area contributed by atoms with Crippen molar-refractivity contribution in [1.29, 1.82) is 0 Å². The van der Waals surface area contributed by atoms with Gasteiger partial charge in [-0.2, -0.15) is 0 Å². The summed E-state index contributed by atoms with van der Waals surface area (Å²) >= 11 is 0. The number of fused-ring (bicyclic) bond motifs is 6. The van der Waals surface area contributed by atoms with Crippen LogP contribution in [0.2, 0.25) is 0 Å². The van der Waals surface area contributed by atoms with Gasteiger partial charge in [-0.15, -0.1) is 5.10 Å². The lowest BCUT2D eigenvalue weighted by molar-refractivity contribution is 0.125. The number of ether oxygens (including phenoxy) is 1. The number of benzene rings is 4. The van der Waals surface area contributed by atoms with E-state index in [2.05, 4.69) is 82.8 Å². The monoisotopic (exact) mass is 511 g/mol. The normalized spacial score (nSPS) is 14.6. The molecule has 190 valence electrons. The highest BCUT2D eigenvalue weighted by atomic mass is 16.6. The van der Waals surface area contributed by atoms with Gasteiger partial charge in [0.1, 0.15) is 12.1 Å². The van der Waals surface area contributed by atoms with Crippen molar-refractivity contribution >= 4 is 22.1 Å². The maximum atomic E-state index is 6.48. The summed E-state index contributed by atoms with van der Waals surface area (Å²) in [7, 11) is 0. The van der Waals surface area contributed by atoms with Gasteiger partial charge in [-0.3, -0.25) is 0 Å². The highest BCUT2D eigenvalue weighted by molar-refractivity contribution is 5.98. The molecule has 0 saturated heterocycles. The highest BCUT2D eigenvalue weighted by Crippen LogP contribution is 2.50. The average Bonchev–Trinajstić information content (AvgIpc) is 3.40. The van der Waals surface area contributed by atoms with E-state index in [0.29, 0.717) is 17.4 Å². The third-order valence-electron chi connectivity index (χ3n) is 7.14. The quantitative estimate of drug-likeness (QED) is 0.187. The molecule has 6 aromatic rings. The van der Waals surface area contributed by atoms with Crippen molar-refractivity contribution in [3.8, 4) is 11.6 Å². The van der Waals surface area contributed by atoms with Gasteiger partial charge in [0.15, 0.2) is 18.1 Å². The maximum Gasteiger partial charge on any atom is 0.228 e. The van der Waals surface area contributed by atoms with E-state index in [9.17, 15) is 0 Å². The van der Waals surface area contributed by atoms with Crippen LogP contribution >= 0.6 is 0 Å². The van der Waals surface area contributed by atoms with Crippen molar-refractivity contribution < 1.29 is 9.57 Å². The highest BCUT2D eigenvalue weighted by Gasteiger charge is 2.34. The first-order valence-electron chi connectivity index (χ1n) is 12.9. The van der Waals surface area contributed by atoms with Crippen LogP contribution in [-0.4, -0.2) is 25.3 Å². The van der Waals surface area contributed by atoms with Crippen molar-refractivity contribution in [2.45, 2.75) is 26.4 Å². The summed E-state index contributed by atoms with van der Waals surface area (Å²) in [6.45, 7) is 4.12. The Morgan fingerprint density at radius 1 is 0.949 bits per heavy atom. The molecular weight excluding hydrogens is 486 g/mol. The molecule has 1 unspecified atom stereocenters. The van der Waals surface area contributed by atoms with E-state index in [1.54, 1.807) is 10.8 Å². The van der Waals surface area contributed by atoms with Gasteiger partial charge < -0.3 is 9.57 Å². The van der Waals surface area contributed by atoms with Gasteiger partial charge >= 0.3 is 0 Å². The second kappa shape index (κ2) is 9.36. The predicted molar refractivity (Wildman–Crippen MR) is 150 cm³/mol. The van der Waals surface area contributed by atoms with Crippen LogP contribution in [0.1, 0.15) is 46.5 Å². The van der Waals surface area contributed by atoms with Gasteiger partial charge in [0.05, 0.1) is 11.3 Å². The maximum absolute atomic E-state index is 6.48. The molecule has 3 heterocycles. The van der Waals surface area contributed by atoms with Crippen LogP contribution in [-0.2, 0) is 11.4 Å². The molecule has 1 aliphatic heterocycles. The molecule has 39 heavy (non-hydrogen) atoms. The van der Waals surface area contributed by atoms with E-state index in [1.807, 2.05) is 37.3 Å². The molecule has 7 rings (SSSR count). The summed E-state index contributed by atoms with van der Waals surface area (Å²) in [4.78, 5) is 15.2. The Balaban J connectivity index is 1.29. The number of hydrogen-bond acceptors (Lipinski definition) is 6. The minimum Gasteiger partial charge on any atom is -0.438 e. The Kier molecular flexibility index (Phi) is 5.55. The van der Waals surface area contributed by atoms with E-state index in [1.165, 1.54) is 5.56 Å². The number of nitrogens with zero attached hydrogens (tertiary/aromatic N) is 5. The Morgan fingerprint density at radius 2 is 1.74 bits per heavy atom. The van der Waals surface area contributed by atoms with E-state index in [0.717, 1.165) is 44.5 Å². The molecule has 0 aliphatic carbocycles. The van der Waals surface area contributed by atoms with Crippen molar-refractivity contribution in [3.63, 3.8) is 0 Å². The lowest BCUT2D eigenvalue weighted by atomic mass is 9.83. The molecule has 0 bridgehead atoms. The second-order valence-electron chi connectivity index (χ2n) is 9.73. The van der Waals surface area contributed by atoms with Gasteiger partial charge in [0.25, 0.3) is 0 Å². The van der Waals surface area contributed by atoms with Gasteiger partial charge in [-0.05, 0) is 30.4 Å². The molecule has 4 aromatic carbocycles. The molecule has 0 radical (unpaired) electrons. The number of aryl methyl sites for hydroxylation is 1. The summed E-state index contributed by atoms with van der Waals surface area (Å²) in [5.74, 6) is 1.76. The Labute approximate surface area is 225 Å². The zero-order valence-corrected chi connectivity index (χ0v) is 21.6. The van der Waals surface area contributed by atoms with Gasteiger partial charge in [0.2, 0.25) is 5.88 Å². The predicted octanol–water partition coefficient (Wildman–Crippen LogP) is 6.81. The molecule has 2 aromatic heterocycles. The zero-order valence-electron chi connectivity index (χ0n) is 21.6. The van der Waals surface area contributed by atoms with Crippen molar-refractivity contribution in [1.82, 2.24) is 19.6 Å². The Bertz CT molecular complexity index is 1860. The van der Waals surface area contributed by atoms with Crippen LogP contribution < -0.4 is 4.74 Å². The minimum atomic E-state index is -0.120. The van der Waals surface area contributed by atoms with Crippen LogP contribution in [0, 0.1) is 6.92 Å². The molecule has 0 fully saturated rings. The summed E-state index contributed by atoms with van der Waals surface area (Å²) in [6.07, 6.45) is 1.64. The van der Waals surface area contributed by atoms with E-state index in [-0.39, 0.29) is 12.5 Å². The van der Waals surface area contributed by atoms with E-state index < -0.39 is 0 Å². The first kappa shape index (κ1) is 23.1. The smallest absolute Gasteiger partial charge is 0.228 e. The molecule has 0 spiro atoms. The fourth-order valence-corrected chi connectivity index (χ4v) is 5.18. The number of aromatic nitrogens is 4. The molecule has 0 saturated carbocycles. The Morgan fingerprint density at radius 3 is 2.59 bits per heavy atom. The van der Waals surface area contributed by atoms with Crippen LogP contribution in [0.5, 0.6) is 11.6 Å². The first-order valence-corrected chi connectivity index (χ1v) is 12.9. The Hall–Kier alpha value is -5.04. The third-order valence-corrected chi connectivity index (χ3v) is 7.14. The van der Waals surface area contributed by atoms with E-state index >= 15 is 0 Å². The summed E-state index contributed by atoms with van der Waals surface area (Å²) in [6, 6.07) is 31.1. The largest absolute Gasteiger partial charge is 0.438 e. The van der Waals surface area contributed by atoms with Crippen molar-refractivity contribution in [2.24, 2.45) is 5.16 Å². The molecule has 1 atom stereocenters. The standard InChI is InChI=1S/C32H25N5O2/c1-20-12-14-22(15-13-20)21(2)36-38-18-27-34-31-29-28(24-9-4-3-5-10-24)26-17-16-23-8-6-7-11-25(23)30(26)39-32(29)33-19-37(31)35-27/h3-17,19,28H,18H2,1-2H3/b36-21-.